The lowest BCUT2D eigenvalue weighted by Gasteiger charge is -2.30. The Morgan fingerprint density at radius 2 is 2.35 bits per heavy atom. The maximum absolute atomic E-state index is 13.1. The van der Waals surface area contributed by atoms with Crippen molar-refractivity contribution in [1.82, 2.24) is 20.4 Å². The van der Waals surface area contributed by atoms with Crippen molar-refractivity contribution >= 4 is 15.9 Å². The van der Waals surface area contributed by atoms with Crippen LogP contribution in [0.15, 0.2) is 27.2 Å². The average molecular weight is 341 g/mol. The molecule has 0 aliphatic carbocycles. The van der Waals surface area contributed by atoms with Crippen molar-refractivity contribution in [1.29, 1.82) is 0 Å². The number of rotatable bonds is 2. The molecular weight excluding hydrogens is 327 g/mol. The van der Waals surface area contributed by atoms with E-state index in [1.807, 2.05) is 7.05 Å². The van der Waals surface area contributed by atoms with Crippen LogP contribution in [-0.4, -0.2) is 41.7 Å². The molecule has 1 aliphatic rings. The van der Waals surface area contributed by atoms with Crippen LogP contribution < -0.4 is 5.32 Å². The lowest BCUT2D eigenvalue weighted by atomic mass is 10.2. The summed E-state index contributed by atoms with van der Waals surface area (Å²) in [6.45, 7) is 2.69. The standard InChI is InChI=1S/C13H14BrFN4O/c1-19-5-4-16-7-11(19)12-17-13(20-18-12)9-3-2-8(15)6-10(9)14/h2-3,6,11,16H,4-5,7H2,1H3. The molecule has 5 nitrogen and oxygen atoms in total. The third-order valence-corrected chi connectivity index (χ3v) is 4.07. The highest BCUT2D eigenvalue weighted by atomic mass is 79.9. The molecule has 1 aromatic carbocycles. The highest BCUT2D eigenvalue weighted by Gasteiger charge is 2.25. The Morgan fingerprint density at radius 1 is 1.50 bits per heavy atom. The van der Waals surface area contributed by atoms with Gasteiger partial charge in [0, 0.05) is 24.1 Å². The van der Waals surface area contributed by atoms with E-state index in [0.717, 1.165) is 19.6 Å². The Balaban J connectivity index is 1.89. The zero-order valence-corrected chi connectivity index (χ0v) is 12.5. The number of hydrogen-bond donors (Lipinski definition) is 1. The molecule has 1 atom stereocenters. The molecule has 7 heteroatoms. The molecule has 1 unspecified atom stereocenters. The van der Waals surface area contributed by atoms with Crippen LogP contribution in [0.25, 0.3) is 11.5 Å². The van der Waals surface area contributed by atoms with E-state index in [9.17, 15) is 4.39 Å². The van der Waals surface area contributed by atoms with Crippen molar-refractivity contribution in [3.8, 4) is 11.5 Å². The molecule has 0 saturated carbocycles. The van der Waals surface area contributed by atoms with Crippen molar-refractivity contribution < 1.29 is 8.91 Å². The van der Waals surface area contributed by atoms with Gasteiger partial charge < -0.3 is 9.84 Å². The predicted octanol–water partition coefficient (Wildman–Crippen LogP) is 2.21. The first-order valence-corrected chi connectivity index (χ1v) is 7.14. The second-order valence-corrected chi connectivity index (χ2v) is 5.64. The monoisotopic (exact) mass is 340 g/mol. The SMILES string of the molecule is CN1CCNCC1c1noc(-c2ccc(F)cc2Br)n1. The zero-order chi connectivity index (χ0) is 14.1. The first-order valence-electron chi connectivity index (χ1n) is 6.35. The van der Waals surface area contributed by atoms with Crippen molar-refractivity contribution in [2.24, 2.45) is 0 Å². The average Bonchev–Trinajstić information content (AvgIpc) is 2.88. The number of likely N-dealkylation sites (N-methyl/N-ethyl adjacent to an activating group) is 1. The Morgan fingerprint density at radius 3 is 3.10 bits per heavy atom. The Labute approximate surface area is 124 Å². The molecule has 1 N–H and O–H groups in total. The van der Waals surface area contributed by atoms with Gasteiger partial charge in [-0.15, -0.1) is 0 Å². The summed E-state index contributed by atoms with van der Waals surface area (Å²) in [7, 11) is 2.04. The smallest absolute Gasteiger partial charge is 0.259 e. The van der Waals surface area contributed by atoms with E-state index in [0.29, 0.717) is 21.8 Å². The minimum atomic E-state index is -0.309. The third-order valence-electron chi connectivity index (χ3n) is 3.41. The van der Waals surface area contributed by atoms with E-state index >= 15 is 0 Å². The van der Waals surface area contributed by atoms with Crippen LogP contribution in [-0.2, 0) is 0 Å². The number of benzene rings is 1. The van der Waals surface area contributed by atoms with Gasteiger partial charge in [0.15, 0.2) is 5.82 Å². The molecule has 1 fully saturated rings. The molecule has 2 aromatic rings. The van der Waals surface area contributed by atoms with Gasteiger partial charge in [0.25, 0.3) is 5.89 Å². The number of halogens is 2. The van der Waals surface area contributed by atoms with E-state index < -0.39 is 0 Å². The summed E-state index contributed by atoms with van der Waals surface area (Å²) >= 11 is 3.31. The van der Waals surface area contributed by atoms with E-state index in [-0.39, 0.29) is 11.9 Å². The van der Waals surface area contributed by atoms with Gasteiger partial charge in [-0.25, -0.2) is 4.39 Å². The second-order valence-electron chi connectivity index (χ2n) is 4.78. The van der Waals surface area contributed by atoms with Crippen LogP contribution in [0.1, 0.15) is 11.9 Å². The topological polar surface area (TPSA) is 54.2 Å². The molecule has 3 rings (SSSR count). The summed E-state index contributed by atoms with van der Waals surface area (Å²) in [5.74, 6) is 0.730. The quantitative estimate of drug-likeness (QED) is 0.908. The van der Waals surface area contributed by atoms with Crippen LogP contribution >= 0.6 is 15.9 Å². The van der Waals surface area contributed by atoms with Crippen LogP contribution in [0.5, 0.6) is 0 Å². The number of nitrogens with one attached hydrogen (secondary N) is 1. The zero-order valence-electron chi connectivity index (χ0n) is 10.9. The Kier molecular flexibility index (Phi) is 3.82. The molecule has 0 amide bonds. The summed E-state index contributed by atoms with van der Waals surface area (Å²) in [6.07, 6.45) is 0. The molecule has 1 aromatic heterocycles. The lowest BCUT2D eigenvalue weighted by Crippen LogP contribution is -2.44. The summed E-state index contributed by atoms with van der Waals surface area (Å²) in [6, 6.07) is 4.48. The number of aromatic nitrogens is 2. The van der Waals surface area contributed by atoms with Crippen molar-refractivity contribution in [3.05, 3.63) is 34.3 Å². The Bertz CT molecular complexity index is 618. The van der Waals surface area contributed by atoms with E-state index in [4.69, 9.17) is 4.52 Å². The van der Waals surface area contributed by atoms with Gasteiger partial charge in [-0.2, -0.15) is 4.98 Å². The molecule has 1 saturated heterocycles. The molecule has 106 valence electrons. The Hall–Kier alpha value is -1.31. The number of hydrogen-bond acceptors (Lipinski definition) is 5. The van der Waals surface area contributed by atoms with Crippen molar-refractivity contribution in [2.45, 2.75) is 6.04 Å². The van der Waals surface area contributed by atoms with Crippen molar-refractivity contribution in [3.63, 3.8) is 0 Å². The van der Waals surface area contributed by atoms with Gasteiger partial charge in [-0.05, 0) is 41.2 Å². The lowest BCUT2D eigenvalue weighted by molar-refractivity contribution is 0.190. The van der Waals surface area contributed by atoms with Crippen LogP contribution in [0.2, 0.25) is 0 Å². The fourth-order valence-corrected chi connectivity index (χ4v) is 2.76. The fraction of sp³-hybridized carbons (Fsp3) is 0.385. The molecule has 20 heavy (non-hydrogen) atoms. The van der Waals surface area contributed by atoms with Gasteiger partial charge in [0.1, 0.15) is 5.82 Å². The summed E-state index contributed by atoms with van der Waals surface area (Å²) < 4.78 is 19.0. The van der Waals surface area contributed by atoms with Crippen LogP contribution in [0.4, 0.5) is 4.39 Å². The minimum Gasteiger partial charge on any atom is -0.334 e. The minimum absolute atomic E-state index is 0.0977. The predicted molar refractivity (Wildman–Crippen MR) is 75.6 cm³/mol. The third kappa shape index (κ3) is 2.61. The maximum atomic E-state index is 13.1. The first-order chi connectivity index (χ1) is 9.65. The summed E-state index contributed by atoms with van der Waals surface area (Å²) in [5.41, 5.74) is 0.691. The molecular formula is C13H14BrFN4O. The van der Waals surface area contributed by atoms with Crippen molar-refractivity contribution in [2.75, 3.05) is 26.7 Å². The second kappa shape index (κ2) is 5.59. The van der Waals surface area contributed by atoms with E-state index in [2.05, 4.69) is 36.3 Å². The van der Waals surface area contributed by atoms with Gasteiger partial charge in [0.05, 0.1) is 11.6 Å². The molecule has 1 aliphatic heterocycles. The van der Waals surface area contributed by atoms with Gasteiger partial charge >= 0.3 is 0 Å². The summed E-state index contributed by atoms with van der Waals surface area (Å²) in [5, 5.41) is 7.36. The van der Waals surface area contributed by atoms with Gasteiger partial charge in [0.2, 0.25) is 0 Å². The first kappa shape index (κ1) is 13.7. The normalized spacial score (nSPS) is 20.2. The molecule has 0 bridgehead atoms. The van der Waals surface area contributed by atoms with E-state index in [1.54, 1.807) is 6.07 Å². The van der Waals surface area contributed by atoms with Crippen LogP contribution in [0, 0.1) is 5.82 Å². The number of piperazine rings is 1. The number of nitrogens with zero attached hydrogens (tertiary/aromatic N) is 3. The summed E-state index contributed by atoms with van der Waals surface area (Å²) in [4.78, 5) is 6.62. The largest absolute Gasteiger partial charge is 0.334 e. The van der Waals surface area contributed by atoms with E-state index in [1.165, 1.54) is 12.1 Å². The van der Waals surface area contributed by atoms with Gasteiger partial charge in [-0.3, -0.25) is 4.90 Å². The molecule has 2 heterocycles. The fourth-order valence-electron chi connectivity index (χ4n) is 2.24. The van der Waals surface area contributed by atoms with Crippen LogP contribution in [0.3, 0.4) is 0 Å². The maximum Gasteiger partial charge on any atom is 0.259 e. The molecule has 0 radical (unpaired) electrons. The van der Waals surface area contributed by atoms with Gasteiger partial charge in [-0.1, -0.05) is 5.16 Å². The highest BCUT2D eigenvalue weighted by molar-refractivity contribution is 9.10. The highest BCUT2D eigenvalue weighted by Crippen LogP contribution is 2.29. The molecule has 0 spiro atoms.